The van der Waals surface area contributed by atoms with Crippen molar-refractivity contribution in [2.75, 3.05) is 38.2 Å². The third kappa shape index (κ3) is 4.19. The summed E-state index contributed by atoms with van der Waals surface area (Å²) in [4.78, 5) is 26.0. The number of hydrogen-bond acceptors (Lipinski definition) is 3. The minimum atomic E-state index is -0.293. The van der Waals surface area contributed by atoms with Gasteiger partial charge in [-0.15, -0.1) is 0 Å². The van der Waals surface area contributed by atoms with Crippen molar-refractivity contribution in [2.24, 2.45) is 0 Å². The number of rotatable bonds is 4. The van der Waals surface area contributed by atoms with E-state index in [2.05, 4.69) is 10.6 Å². The van der Waals surface area contributed by atoms with Gasteiger partial charge in [0.2, 0.25) is 0 Å². The van der Waals surface area contributed by atoms with Crippen LogP contribution >= 0.6 is 0 Å². The van der Waals surface area contributed by atoms with Crippen LogP contribution in [-0.4, -0.2) is 49.7 Å². The molecule has 0 spiro atoms. The fraction of sp³-hybridized carbons (Fsp3) is 0.467. The smallest absolute Gasteiger partial charge is 0.319 e. The summed E-state index contributed by atoms with van der Waals surface area (Å²) < 4.78 is 5.25. The Morgan fingerprint density at radius 1 is 1.24 bits per heavy atom. The van der Waals surface area contributed by atoms with Crippen LogP contribution < -0.4 is 10.6 Å². The van der Waals surface area contributed by atoms with Crippen LogP contribution in [0.15, 0.2) is 24.3 Å². The van der Waals surface area contributed by atoms with Crippen LogP contribution in [0, 0.1) is 0 Å². The van der Waals surface area contributed by atoms with E-state index in [4.69, 9.17) is 4.74 Å². The summed E-state index contributed by atoms with van der Waals surface area (Å²) in [7, 11) is 0. The van der Waals surface area contributed by atoms with E-state index in [1.807, 2.05) is 6.92 Å². The van der Waals surface area contributed by atoms with Crippen molar-refractivity contribution in [3.05, 3.63) is 29.8 Å². The molecule has 0 atom stereocenters. The lowest BCUT2D eigenvalue weighted by Gasteiger charge is -2.27. The third-order valence-corrected chi connectivity index (χ3v) is 3.24. The van der Waals surface area contributed by atoms with Crippen LogP contribution in [0.5, 0.6) is 0 Å². The van der Waals surface area contributed by atoms with Gasteiger partial charge in [0.05, 0.1) is 24.5 Å². The van der Waals surface area contributed by atoms with E-state index in [1.165, 1.54) is 0 Å². The van der Waals surface area contributed by atoms with Gasteiger partial charge in [0.15, 0.2) is 0 Å². The lowest BCUT2D eigenvalue weighted by molar-refractivity contribution is 0.0303. The second-order valence-corrected chi connectivity index (χ2v) is 4.83. The Kier molecular flexibility index (Phi) is 5.57. The van der Waals surface area contributed by atoms with Crippen LogP contribution in [0.1, 0.15) is 23.7 Å². The van der Waals surface area contributed by atoms with Crippen molar-refractivity contribution in [1.29, 1.82) is 0 Å². The Labute approximate surface area is 124 Å². The number of ether oxygens (including phenoxy) is 1. The molecule has 0 radical (unpaired) electrons. The minimum Gasteiger partial charge on any atom is -0.378 e. The van der Waals surface area contributed by atoms with E-state index >= 15 is 0 Å². The number of amides is 3. The van der Waals surface area contributed by atoms with E-state index in [0.717, 1.165) is 6.42 Å². The monoisotopic (exact) mass is 291 g/mol. The summed E-state index contributed by atoms with van der Waals surface area (Å²) in [5, 5.41) is 5.47. The standard InChI is InChI=1S/C15H21N3O3/c1-2-7-16-15(20)17-13-6-4-3-5-12(13)14(19)18-8-10-21-11-9-18/h3-6H,2,7-11H2,1H3,(H2,16,17,20). The Bertz CT molecular complexity index is 499. The first-order valence-corrected chi connectivity index (χ1v) is 7.23. The Hall–Kier alpha value is -2.08. The lowest BCUT2D eigenvalue weighted by atomic mass is 10.1. The number of anilines is 1. The number of benzene rings is 1. The van der Waals surface area contributed by atoms with Crippen LogP contribution in [0.2, 0.25) is 0 Å². The summed E-state index contributed by atoms with van der Waals surface area (Å²) in [5.41, 5.74) is 1.04. The Morgan fingerprint density at radius 2 is 1.95 bits per heavy atom. The van der Waals surface area contributed by atoms with E-state index in [1.54, 1.807) is 29.2 Å². The maximum absolute atomic E-state index is 12.5. The van der Waals surface area contributed by atoms with E-state index in [0.29, 0.717) is 44.1 Å². The molecule has 0 aromatic heterocycles. The molecule has 114 valence electrons. The molecule has 1 aromatic rings. The number of carbonyl (C=O) groups is 2. The first-order valence-electron chi connectivity index (χ1n) is 7.23. The molecule has 0 bridgehead atoms. The average Bonchev–Trinajstić information content (AvgIpc) is 2.53. The van der Waals surface area contributed by atoms with Gasteiger partial charge in [-0.1, -0.05) is 19.1 Å². The van der Waals surface area contributed by atoms with Crippen molar-refractivity contribution in [1.82, 2.24) is 10.2 Å². The molecular formula is C15H21N3O3. The maximum Gasteiger partial charge on any atom is 0.319 e. The van der Waals surface area contributed by atoms with Gasteiger partial charge in [0, 0.05) is 19.6 Å². The zero-order valence-corrected chi connectivity index (χ0v) is 12.2. The van der Waals surface area contributed by atoms with E-state index in [9.17, 15) is 9.59 Å². The van der Waals surface area contributed by atoms with Crippen molar-refractivity contribution in [3.63, 3.8) is 0 Å². The molecule has 1 aliphatic rings. The fourth-order valence-corrected chi connectivity index (χ4v) is 2.12. The molecule has 1 aromatic carbocycles. The topological polar surface area (TPSA) is 70.7 Å². The maximum atomic E-state index is 12.5. The predicted octanol–water partition coefficient (Wildman–Crippen LogP) is 1.69. The van der Waals surface area contributed by atoms with Gasteiger partial charge in [-0.2, -0.15) is 0 Å². The van der Waals surface area contributed by atoms with Crippen molar-refractivity contribution in [2.45, 2.75) is 13.3 Å². The van der Waals surface area contributed by atoms with Gasteiger partial charge in [-0.05, 0) is 18.6 Å². The molecular weight excluding hydrogens is 270 g/mol. The summed E-state index contributed by atoms with van der Waals surface area (Å²) >= 11 is 0. The number of para-hydroxylation sites is 1. The highest BCUT2D eigenvalue weighted by Crippen LogP contribution is 2.18. The number of nitrogens with one attached hydrogen (secondary N) is 2. The fourth-order valence-electron chi connectivity index (χ4n) is 2.12. The van der Waals surface area contributed by atoms with Crippen LogP contribution in [0.4, 0.5) is 10.5 Å². The molecule has 3 amide bonds. The van der Waals surface area contributed by atoms with Gasteiger partial charge in [-0.25, -0.2) is 4.79 Å². The summed E-state index contributed by atoms with van der Waals surface area (Å²) in [6.07, 6.45) is 0.863. The highest BCUT2D eigenvalue weighted by atomic mass is 16.5. The van der Waals surface area contributed by atoms with E-state index < -0.39 is 0 Å². The molecule has 0 unspecified atom stereocenters. The van der Waals surface area contributed by atoms with Crippen molar-refractivity contribution >= 4 is 17.6 Å². The molecule has 6 heteroatoms. The summed E-state index contributed by atoms with van der Waals surface area (Å²) in [6.45, 7) is 4.85. The van der Waals surface area contributed by atoms with Crippen LogP contribution in [-0.2, 0) is 4.74 Å². The molecule has 21 heavy (non-hydrogen) atoms. The highest BCUT2D eigenvalue weighted by Gasteiger charge is 2.21. The molecule has 1 fully saturated rings. The quantitative estimate of drug-likeness (QED) is 0.887. The molecule has 1 saturated heterocycles. The molecule has 0 aliphatic carbocycles. The number of nitrogens with zero attached hydrogens (tertiary/aromatic N) is 1. The van der Waals surface area contributed by atoms with Crippen molar-refractivity contribution < 1.29 is 14.3 Å². The number of hydrogen-bond donors (Lipinski definition) is 2. The molecule has 2 rings (SSSR count). The minimum absolute atomic E-state index is 0.0790. The number of carbonyl (C=O) groups excluding carboxylic acids is 2. The summed E-state index contributed by atoms with van der Waals surface area (Å²) in [5.74, 6) is -0.0790. The second kappa shape index (κ2) is 7.64. The first-order chi connectivity index (χ1) is 10.2. The van der Waals surface area contributed by atoms with Gasteiger partial charge >= 0.3 is 6.03 Å². The predicted molar refractivity (Wildman–Crippen MR) is 80.5 cm³/mol. The Balaban J connectivity index is 2.08. The average molecular weight is 291 g/mol. The van der Waals surface area contributed by atoms with E-state index in [-0.39, 0.29) is 11.9 Å². The SMILES string of the molecule is CCCNC(=O)Nc1ccccc1C(=O)N1CCOCC1. The number of morpholine rings is 1. The van der Waals surface area contributed by atoms with Gasteiger partial charge in [0.25, 0.3) is 5.91 Å². The zero-order chi connectivity index (χ0) is 15.1. The Morgan fingerprint density at radius 3 is 2.67 bits per heavy atom. The van der Waals surface area contributed by atoms with Gasteiger partial charge < -0.3 is 20.3 Å². The summed E-state index contributed by atoms with van der Waals surface area (Å²) in [6, 6.07) is 6.76. The zero-order valence-electron chi connectivity index (χ0n) is 12.2. The normalized spacial score (nSPS) is 14.6. The first kappa shape index (κ1) is 15.3. The largest absolute Gasteiger partial charge is 0.378 e. The molecule has 1 heterocycles. The van der Waals surface area contributed by atoms with Crippen molar-refractivity contribution in [3.8, 4) is 0 Å². The van der Waals surface area contributed by atoms with Gasteiger partial charge in [-0.3, -0.25) is 4.79 Å². The number of urea groups is 1. The molecule has 0 saturated carbocycles. The molecule has 2 N–H and O–H groups in total. The highest BCUT2D eigenvalue weighted by molar-refractivity contribution is 6.03. The van der Waals surface area contributed by atoms with Crippen LogP contribution in [0.3, 0.4) is 0 Å². The molecule has 6 nitrogen and oxygen atoms in total. The second-order valence-electron chi connectivity index (χ2n) is 4.83. The van der Waals surface area contributed by atoms with Crippen LogP contribution in [0.25, 0.3) is 0 Å². The lowest BCUT2D eigenvalue weighted by Crippen LogP contribution is -2.41. The van der Waals surface area contributed by atoms with Gasteiger partial charge in [0.1, 0.15) is 0 Å². The molecule has 1 aliphatic heterocycles. The third-order valence-electron chi connectivity index (χ3n) is 3.24.